The minimum atomic E-state index is -0.993. The highest BCUT2D eigenvalue weighted by atomic mass is 79.9. The van der Waals surface area contributed by atoms with Gasteiger partial charge in [-0.1, -0.05) is 6.92 Å². The number of halogens is 1. The van der Waals surface area contributed by atoms with Crippen molar-refractivity contribution in [3.63, 3.8) is 0 Å². The first-order valence-corrected chi connectivity index (χ1v) is 6.82. The van der Waals surface area contributed by atoms with Crippen LogP contribution in [-0.2, 0) is 4.79 Å². The van der Waals surface area contributed by atoms with Crippen LogP contribution in [0.4, 0.5) is 5.69 Å². The molecule has 2 rings (SSSR count). The van der Waals surface area contributed by atoms with Crippen molar-refractivity contribution in [3.05, 3.63) is 28.2 Å². The zero-order valence-corrected chi connectivity index (χ0v) is 12.0. The standard InChI is InChI=1S/C13H15BrN2O3/c1-7-5-15-6-9(7)12(17)16-11-3-2-8(13(18)19)4-10(11)14/h2-4,7,9,15H,5-6H2,1H3,(H,16,17)(H,18,19). The topological polar surface area (TPSA) is 78.4 Å². The van der Waals surface area contributed by atoms with Gasteiger partial charge in [0.1, 0.15) is 0 Å². The van der Waals surface area contributed by atoms with Crippen LogP contribution in [0.25, 0.3) is 0 Å². The molecule has 1 aromatic carbocycles. The summed E-state index contributed by atoms with van der Waals surface area (Å²) >= 11 is 3.27. The lowest BCUT2D eigenvalue weighted by atomic mass is 9.97. The monoisotopic (exact) mass is 326 g/mol. The fourth-order valence-corrected chi connectivity index (χ4v) is 2.61. The molecule has 2 unspecified atom stereocenters. The van der Waals surface area contributed by atoms with Crippen molar-refractivity contribution in [3.8, 4) is 0 Å². The molecule has 1 fully saturated rings. The maximum Gasteiger partial charge on any atom is 0.335 e. The Kier molecular flexibility index (Phi) is 4.21. The molecule has 0 bridgehead atoms. The van der Waals surface area contributed by atoms with E-state index in [0.29, 0.717) is 22.6 Å². The number of nitrogens with one attached hydrogen (secondary N) is 2. The lowest BCUT2D eigenvalue weighted by Gasteiger charge is -2.15. The molecule has 1 aromatic rings. The van der Waals surface area contributed by atoms with E-state index in [4.69, 9.17) is 5.11 Å². The number of carboxylic acids is 1. The van der Waals surface area contributed by atoms with Crippen molar-refractivity contribution in [1.29, 1.82) is 0 Å². The summed E-state index contributed by atoms with van der Waals surface area (Å²) in [7, 11) is 0. The fraction of sp³-hybridized carbons (Fsp3) is 0.385. The molecule has 0 spiro atoms. The van der Waals surface area contributed by atoms with Crippen molar-refractivity contribution in [1.82, 2.24) is 5.32 Å². The number of hydrogen-bond donors (Lipinski definition) is 3. The molecule has 6 heteroatoms. The maximum atomic E-state index is 12.1. The highest BCUT2D eigenvalue weighted by Gasteiger charge is 2.29. The van der Waals surface area contributed by atoms with Gasteiger partial charge < -0.3 is 15.7 Å². The van der Waals surface area contributed by atoms with Gasteiger partial charge in [-0.05, 0) is 46.6 Å². The summed E-state index contributed by atoms with van der Waals surface area (Å²) in [5.74, 6) is -0.781. The number of hydrogen-bond acceptors (Lipinski definition) is 3. The molecule has 0 saturated carbocycles. The molecule has 0 radical (unpaired) electrons. The number of carbonyl (C=O) groups excluding carboxylic acids is 1. The van der Waals surface area contributed by atoms with Gasteiger partial charge in [0.2, 0.25) is 5.91 Å². The van der Waals surface area contributed by atoms with Crippen molar-refractivity contribution in [2.75, 3.05) is 18.4 Å². The third-order valence-corrected chi connectivity index (χ3v) is 3.98. The van der Waals surface area contributed by atoms with Gasteiger partial charge in [0.15, 0.2) is 0 Å². The summed E-state index contributed by atoms with van der Waals surface area (Å²) in [6.45, 7) is 3.56. The fourth-order valence-electron chi connectivity index (χ4n) is 2.14. The summed E-state index contributed by atoms with van der Waals surface area (Å²) in [5, 5.41) is 14.9. The molecule has 5 nitrogen and oxygen atoms in total. The van der Waals surface area contributed by atoms with Crippen LogP contribution >= 0.6 is 15.9 Å². The van der Waals surface area contributed by atoms with E-state index in [9.17, 15) is 9.59 Å². The van der Waals surface area contributed by atoms with E-state index in [1.165, 1.54) is 12.1 Å². The average molecular weight is 327 g/mol. The molecule has 1 saturated heterocycles. The third kappa shape index (κ3) is 3.13. The van der Waals surface area contributed by atoms with E-state index in [1.807, 2.05) is 6.92 Å². The number of amides is 1. The molecule has 1 heterocycles. The molecule has 1 amide bonds. The van der Waals surface area contributed by atoms with Gasteiger partial charge >= 0.3 is 5.97 Å². The quantitative estimate of drug-likeness (QED) is 0.793. The SMILES string of the molecule is CC1CNCC1C(=O)Nc1ccc(C(=O)O)cc1Br. The van der Waals surface area contributed by atoms with E-state index in [-0.39, 0.29) is 17.4 Å². The molecular weight excluding hydrogens is 312 g/mol. The number of aromatic carboxylic acids is 1. The summed E-state index contributed by atoms with van der Waals surface area (Å²) in [4.78, 5) is 22.9. The first-order chi connectivity index (χ1) is 8.99. The molecule has 3 N–H and O–H groups in total. The Labute approximate surface area is 119 Å². The van der Waals surface area contributed by atoms with E-state index in [1.54, 1.807) is 6.07 Å². The van der Waals surface area contributed by atoms with Crippen LogP contribution in [0, 0.1) is 11.8 Å². The van der Waals surface area contributed by atoms with E-state index >= 15 is 0 Å². The van der Waals surface area contributed by atoms with Crippen LogP contribution < -0.4 is 10.6 Å². The molecule has 19 heavy (non-hydrogen) atoms. The molecular formula is C13H15BrN2O3. The second-order valence-corrected chi connectivity index (χ2v) is 5.59. The van der Waals surface area contributed by atoms with Gasteiger partial charge in [-0.15, -0.1) is 0 Å². The highest BCUT2D eigenvalue weighted by molar-refractivity contribution is 9.10. The maximum absolute atomic E-state index is 12.1. The lowest BCUT2D eigenvalue weighted by Crippen LogP contribution is -2.28. The first kappa shape index (κ1) is 14.0. The summed E-state index contributed by atoms with van der Waals surface area (Å²) in [6, 6.07) is 4.55. The van der Waals surface area contributed by atoms with E-state index in [2.05, 4.69) is 26.6 Å². The number of carboxylic acid groups (broad SMARTS) is 1. The Balaban J connectivity index is 2.11. The zero-order chi connectivity index (χ0) is 14.0. The summed E-state index contributed by atoms with van der Waals surface area (Å²) < 4.78 is 0.569. The Morgan fingerprint density at radius 1 is 1.42 bits per heavy atom. The molecule has 2 atom stereocenters. The molecule has 102 valence electrons. The van der Waals surface area contributed by atoms with Gasteiger partial charge in [-0.3, -0.25) is 4.79 Å². The third-order valence-electron chi connectivity index (χ3n) is 3.33. The Morgan fingerprint density at radius 2 is 2.16 bits per heavy atom. The first-order valence-electron chi connectivity index (χ1n) is 6.03. The molecule has 0 aromatic heterocycles. The minimum Gasteiger partial charge on any atom is -0.478 e. The van der Waals surface area contributed by atoms with Crippen LogP contribution in [0.5, 0.6) is 0 Å². The van der Waals surface area contributed by atoms with Crippen molar-refractivity contribution >= 4 is 33.5 Å². The van der Waals surface area contributed by atoms with E-state index < -0.39 is 5.97 Å². The van der Waals surface area contributed by atoms with Crippen molar-refractivity contribution in [2.24, 2.45) is 11.8 Å². The molecule has 1 aliphatic heterocycles. The average Bonchev–Trinajstić information content (AvgIpc) is 2.77. The number of anilines is 1. The normalized spacial score (nSPS) is 22.2. The Bertz CT molecular complexity index is 519. The number of carbonyl (C=O) groups is 2. The molecule has 1 aliphatic rings. The van der Waals surface area contributed by atoms with Gasteiger partial charge in [-0.25, -0.2) is 4.79 Å². The Morgan fingerprint density at radius 3 is 2.68 bits per heavy atom. The van der Waals surface area contributed by atoms with Crippen LogP contribution in [-0.4, -0.2) is 30.1 Å². The van der Waals surface area contributed by atoms with Crippen LogP contribution in [0.2, 0.25) is 0 Å². The van der Waals surface area contributed by atoms with Gasteiger partial charge in [0, 0.05) is 11.0 Å². The van der Waals surface area contributed by atoms with Crippen molar-refractivity contribution in [2.45, 2.75) is 6.92 Å². The summed E-state index contributed by atoms with van der Waals surface area (Å²) in [6.07, 6.45) is 0. The van der Waals surface area contributed by atoms with Crippen molar-refractivity contribution < 1.29 is 14.7 Å². The van der Waals surface area contributed by atoms with Gasteiger partial charge in [0.05, 0.1) is 17.2 Å². The molecule has 0 aliphatic carbocycles. The smallest absolute Gasteiger partial charge is 0.335 e. The van der Waals surface area contributed by atoms with Crippen LogP contribution in [0.3, 0.4) is 0 Å². The largest absolute Gasteiger partial charge is 0.478 e. The summed E-state index contributed by atoms with van der Waals surface area (Å²) in [5.41, 5.74) is 0.773. The second kappa shape index (κ2) is 5.71. The number of rotatable bonds is 3. The minimum absolute atomic E-state index is 0.0405. The van der Waals surface area contributed by atoms with Crippen LogP contribution in [0.15, 0.2) is 22.7 Å². The Hall–Kier alpha value is -1.40. The predicted octanol–water partition coefficient (Wildman–Crippen LogP) is 1.94. The van der Waals surface area contributed by atoms with Crippen LogP contribution in [0.1, 0.15) is 17.3 Å². The highest BCUT2D eigenvalue weighted by Crippen LogP contribution is 2.25. The zero-order valence-electron chi connectivity index (χ0n) is 10.4. The second-order valence-electron chi connectivity index (χ2n) is 4.73. The van der Waals surface area contributed by atoms with Gasteiger partial charge in [0.25, 0.3) is 0 Å². The lowest BCUT2D eigenvalue weighted by molar-refractivity contribution is -0.120. The van der Waals surface area contributed by atoms with Gasteiger partial charge in [-0.2, -0.15) is 0 Å². The predicted molar refractivity (Wildman–Crippen MR) is 75.3 cm³/mol. The number of benzene rings is 1. The van der Waals surface area contributed by atoms with E-state index in [0.717, 1.165) is 6.54 Å².